The number of hydrogen-bond acceptors (Lipinski definition) is 1. The number of benzene rings is 1. The predicted octanol–water partition coefficient (Wildman–Crippen LogP) is 4.67. The zero-order chi connectivity index (χ0) is 14.3. The van der Waals surface area contributed by atoms with Crippen molar-refractivity contribution in [3.05, 3.63) is 59.4 Å². The summed E-state index contributed by atoms with van der Waals surface area (Å²) in [6.07, 6.45) is -0.836. The van der Waals surface area contributed by atoms with Crippen LogP contribution in [0.15, 0.2) is 48.8 Å². The molecule has 0 atom stereocenters. The van der Waals surface area contributed by atoms with Crippen LogP contribution in [-0.2, 0) is 6.18 Å². The highest BCUT2D eigenvalue weighted by molar-refractivity contribution is 6.30. The van der Waals surface area contributed by atoms with Crippen molar-refractivity contribution in [2.24, 2.45) is 0 Å². The summed E-state index contributed by atoms with van der Waals surface area (Å²) in [7, 11) is 0. The molecule has 102 valence electrons. The fraction of sp³-hybridized carbons (Fsp3) is 0.0714. The molecule has 0 amide bonds. The monoisotopic (exact) mass is 296 g/mol. The number of imidazole rings is 1. The molecule has 0 radical (unpaired) electrons. The SMILES string of the molecule is FC(F)(F)c1ccc(-c2cn3ccc(Cl)cc3n2)cc1. The van der Waals surface area contributed by atoms with Crippen LogP contribution in [0.5, 0.6) is 0 Å². The normalized spacial score (nSPS) is 12.0. The van der Waals surface area contributed by atoms with E-state index in [1.807, 2.05) is 0 Å². The molecule has 0 bridgehead atoms. The molecule has 3 aromatic rings. The molecular weight excluding hydrogens is 289 g/mol. The average molecular weight is 297 g/mol. The summed E-state index contributed by atoms with van der Waals surface area (Å²) in [6.45, 7) is 0. The molecule has 2 heterocycles. The smallest absolute Gasteiger partial charge is 0.306 e. The zero-order valence-electron chi connectivity index (χ0n) is 10.0. The zero-order valence-corrected chi connectivity index (χ0v) is 10.8. The van der Waals surface area contributed by atoms with Gasteiger partial charge in [0.05, 0.1) is 11.3 Å². The minimum atomic E-state index is -4.33. The Balaban J connectivity index is 2.02. The van der Waals surface area contributed by atoms with Gasteiger partial charge in [0.25, 0.3) is 0 Å². The third-order valence-corrected chi connectivity index (χ3v) is 3.17. The van der Waals surface area contributed by atoms with Crippen molar-refractivity contribution < 1.29 is 13.2 Å². The van der Waals surface area contributed by atoms with E-state index >= 15 is 0 Å². The van der Waals surface area contributed by atoms with Crippen LogP contribution >= 0.6 is 11.6 Å². The maximum absolute atomic E-state index is 12.5. The number of rotatable bonds is 1. The van der Waals surface area contributed by atoms with Gasteiger partial charge in [0, 0.05) is 29.0 Å². The third kappa shape index (κ3) is 2.36. The van der Waals surface area contributed by atoms with Gasteiger partial charge in [-0.15, -0.1) is 0 Å². The van der Waals surface area contributed by atoms with Gasteiger partial charge in [-0.2, -0.15) is 13.2 Å². The van der Waals surface area contributed by atoms with E-state index in [9.17, 15) is 13.2 Å². The lowest BCUT2D eigenvalue weighted by atomic mass is 10.1. The minimum absolute atomic E-state index is 0.557. The average Bonchev–Trinajstić information content (AvgIpc) is 2.80. The van der Waals surface area contributed by atoms with E-state index in [2.05, 4.69) is 4.98 Å². The van der Waals surface area contributed by atoms with Crippen molar-refractivity contribution in [3.8, 4) is 11.3 Å². The Morgan fingerprint density at radius 3 is 2.40 bits per heavy atom. The predicted molar refractivity (Wildman–Crippen MR) is 70.6 cm³/mol. The quantitative estimate of drug-likeness (QED) is 0.637. The summed E-state index contributed by atoms with van der Waals surface area (Å²) in [6, 6.07) is 8.32. The number of hydrogen-bond donors (Lipinski definition) is 0. The topological polar surface area (TPSA) is 17.3 Å². The van der Waals surface area contributed by atoms with E-state index < -0.39 is 11.7 Å². The Kier molecular flexibility index (Phi) is 2.94. The van der Waals surface area contributed by atoms with Crippen LogP contribution < -0.4 is 0 Å². The standard InChI is InChI=1S/C14H8ClF3N2/c15-11-5-6-20-8-12(19-13(20)7-11)9-1-3-10(4-2-9)14(16,17)18/h1-8H. The number of fused-ring (bicyclic) bond motifs is 1. The summed E-state index contributed by atoms with van der Waals surface area (Å²) >= 11 is 5.87. The fourth-order valence-electron chi connectivity index (χ4n) is 1.93. The Morgan fingerprint density at radius 1 is 1.05 bits per heavy atom. The molecule has 2 aromatic heterocycles. The van der Waals surface area contributed by atoms with Gasteiger partial charge in [-0.25, -0.2) is 4.98 Å². The molecule has 0 N–H and O–H groups in total. The molecule has 0 fully saturated rings. The van der Waals surface area contributed by atoms with E-state index in [1.165, 1.54) is 12.1 Å². The van der Waals surface area contributed by atoms with Gasteiger partial charge in [-0.1, -0.05) is 23.7 Å². The van der Waals surface area contributed by atoms with Crippen molar-refractivity contribution in [2.75, 3.05) is 0 Å². The van der Waals surface area contributed by atoms with Crippen molar-refractivity contribution in [3.63, 3.8) is 0 Å². The highest BCUT2D eigenvalue weighted by Gasteiger charge is 2.30. The van der Waals surface area contributed by atoms with Crippen molar-refractivity contribution in [2.45, 2.75) is 6.18 Å². The second-order valence-electron chi connectivity index (χ2n) is 4.31. The van der Waals surface area contributed by atoms with Gasteiger partial charge in [-0.3, -0.25) is 0 Å². The first kappa shape index (κ1) is 13.0. The molecule has 0 spiro atoms. The molecule has 0 aliphatic carbocycles. The first-order valence-electron chi connectivity index (χ1n) is 5.75. The summed E-state index contributed by atoms with van der Waals surface area (Å²) in [5.41, 5.74) is 1.19. The van der Waals surface area contributed by atoms with Gasteiger partial charge < -0.3 is 4.40 Å². The van der Waals surface area contributed by atoms with Gasteiger partial charge in [0.2, 0.25) is 0 Å². The van der Waals surface area contributed by atoms with Gasteiger partial charge in [0.15, 0.2) is 0 Å². The van der Waals surface area contributed by atoms with Gasteiger partial charge in [-0.05, 0) is 18.2 Å². The molecule has 2 nitrogen and oxygen atoms in total. The highest BCUT2D eigenvalue weighted by atomic mass is 35.5. The summed E-state index contributed by atoms with van der Waals surface area (Å²) in [5.74, 6) is 0. The fourth-order valence-corrected chi connectivity index (χ4v) is 2.08. The number of nitrogens with zero attached hydrogens (tertiary/aromatic N) is 2. The van der Waals surface area contributed by atoms with Crippen LogP contribution in [0.2, 0.25) is 5.02 Å². The molecule has 0 saturated heterocycles. The second kappa shape index (κ2) is 4.52. The Labute approximate surface area is 117 Å². The number of alkyl halides is 3. The second-order valence-corrected chi connectivity index (χ2v) is 4.75. The number of pyridine rings is 1. The number of aromatic nitrogens is 2. The molecule has 20 heavy (non-hydrogen) atoms. The highest BCUT2D eigenvalue weighted by Crippen LogP contribution is 2.30. The maximum atomic E-state index is 12.5. The van der Waals surface area contributed by atoms with Gasteiger partial charge in [0.1, 0.15) is 5.65 Å². The van der Waals surface area contributed by atoms with E-state index in [1.54, 1.807) is 28.9 Å². The van der Waals surface area contributed by atoms with Crippen LogP contribution in [0.1, 0.15) is 5.56 Å². The lowest BCUT2D eigenvalue weighted by Crippen LogP contribution is -2.03. The molecule has 0 aliphatic heterocycles. The van der Waals surface area contributed by atoms with Crippen LogP contribution in [0.3, 0.4) is 0 Å². The Morgan fingerprint density at radius 2 is 1.75 bits per heavy atom. The summed E-state index contributed by atoms with van der Waals surface area (Å²) < 4.78 is 39.3. The molecular formula is C14H8ClF3N2. The minimum Gasteiger partial charge on any atom is -0.306 e. The van der Waals surface area contributed by atoms with E-state index in [4.69, 9.17) is 11.6 Å². The van der Waals surface area contributed by atoms with Crippen molar-refractivity contribution >= 4 is 17.2 Å². The lowest BCUT2D eigenvalue weighted by molar-refractivity contribution is -0.137. The molecule has 0 unspecified atom stereocenters. The van der Waals surface area contributed by atoms with Crippen molar-refractivity contribution in [1.29, 1.82) is 0 Å². The molecule has 6 heteroatoms. The molecule has 0 saturated carbocycles. The number of halogens is 4. The van der Waals surface area contributed by atoms with Crippen LogP contribution in [0.25, 0.3) is 16.9 Å². The van der Waals surface area contributed by atoms with Crippen LogP contribution in [0, 0.1) is 0 Å². The first-order chi connectivity index (χ1) is 9.43. The third-order valence-electron chi connectivity index (χ3n) is 2.93. The Bertz CT molecular complexity index is 760. The molecule has 1 aromatic carbocycles. The van der Waals surface area contributed by atoms with Crippen LogP contribution in [-0.4, -0.2) is 9.38 Å². The Hall–Kier alpha value is -2.01. The van der Waals surface area contributed by atoms with Crippen LogP contribution in [0.4, 0.5) is 13.2 Å². The van der Waals surface area contributed by atoms with E-state index in [-0.39, 0.29) is 0 Å². The summed E-state index contributed by atoms with van der Waals surface area (Å²) in [4.78, 5) is 4.33. The molecule has 0 aliphatic rings. The first-order valence-corrected chi connectivity index (χ1v) is 6.13. The maximum Gasteiger partial charge on any atom is 0.416 e. The summed E-state index contributed by atoms with van der Waals surface area (Å²) in [5, 5.41) is 0.557. The largest absolute Gasteiger partial charge is 0.416 e. The van der Waals surface area contributed by atoms with Crippen molar-refractivity contribution in [1.82, 2.24) is 9.38 Å². The lowest BCUT2D eigenvalue weighted by Gasteiger charge is -2.06. The van der Waals surface area contributed by atoms with E-state index in [0.29, 0.717) is 21.9 Å². The van der Waals surface area contributed by atoms with Gasteiger partial charge >= 0.3 is 6.18 Å². The van der Waals surface area contributed by atoms with E-state index in [0.717, 1.165) is 12.1 Å². The molecule has 3 rings (SSSR count).